The number of halogens is 1. The Kier molecular flexibility index (Phi) is 6.06. The Morgan fingerprint density at radius 3 is 2.43 bits per heavy atom. The monoisotopic (exact) mass is 536 g/mol. The summed E-state index contributed by atoms with van der Waals surface area (Å²) in [4.78, 5) is 49.2. The first-order valence-corrected chi connectivity index (χ1v) is 13.5. The van der Waals surface area contributed by atoms with Crippen molar-refractivity contribution >= 4 is 51.4 Å². The molecular formula is C28H25ClN2O5S. The molecule has 0 unspecified atom stereocenters. The molecule has 3 aromatic rings. The maximum Gasteiger partial charge on any atom is 0.341 e. The second-order valence-corrected chi connectivity index (χ2v) is 11.1. The maximum absolute atomic E-state index is 14.1. The van der Waals surface area contributed by atoms with Crippen molar-refractivity contribution in [3.8, 4) is 0 Å². The van der Waals surface area contributed by atoms with Crippen LogP contribution in [0.1, 0.15) is 50.8 Å². The van der Waals surface area contributed by atoms with Crippen molar-refractivity contribution in [2.45, 2.75) is 44.8 Å². The summed E-state index contributed by atoms with van der Waals surface area (Å²) < 4.78 is 5.08. The van der Waals surface area contributed by atoms with Crippen molar-refractivity contribution in [1.82, 2.24) is 0 Å². The zero-order valence-electron chi connectivity index (χ0n) is 20.4. The topological polar surface area (TPSA) is 76.2 Å². The highest BCUT2D eigenvalue weighted by Crippen LogP contribution is 2.50. The molecule has 0 saturated carbocycles. The SMILES string of the molecule is COC(=O)c1c(N2C(=O)[C@H]3[C@@H](ON(c4ccc(Cl)cc4)[C@H]3c3ccc(C)cc3)C2=O)sc2c1CCCC2. The number of methoxy groups -OCH3 is 1. The minimum Gasteiger partial charge on any atom is -0.465 e. The van der Waals surface area contributed by atoms with Gasteiger partial charge in [0.25, 0.3) is 5.91 Å². The van der Waals surface area contributed by atoms with Gasteiger partial charge in [0.1, 0.15) is 10.9 Å². The fourth-order valence-electron chi connectivity index (χ4n) is 5.55. The van der Waals surface area contributed by atoms with Crippen molar-refractivity contribution in [2.75, 3.05) is 17.1 Å². The number of amides is 2. The minimum atomic E-state index is -1.01. The Balaban J connectivity index is 1.44. The summed E-state index contributed by atoms with van der Waals surface area (Å²) >= 11 is 7.45. The molecule has 2 fully saturated rings. The number of ether oxygens (including phenoxy) is 1. The second kappa shape index (κ2) is 9.28. The lowest BCUT2D eigenvalue weighted by Crippen LogP contribution is -2.37. The standard InChI is InChI=1S/C28H25ClN2O5S/c1-15-7-9-16(10-8-15)23-22-24(36-31(23)18-13-11-17(29)12-14-18)26(33)30(25(22)32)27-21(28(34)35-2)19-5-3-4-6-20(19)37-27/h7-14,22-24H,3-6H2,1-2H3/t22-,23+,24-/m1/s1. The number of esters is 1. The van der Waals surface area contributed by atoms with Crippen molar-refractivity contribution in [1.29, 1.82) is 0 Å². The molecule has 9 heteroatoms. The Morgan fingerprint density at radius 2 is 1.73 bits per heavy atom. The van der Waals surface area contributed by atoms with Crippen LogP contribution in [0.4, 0.5) is 10.7 Å². The number of benzene rings is 2. The van der Waals surface area contributed by atoms with E-state index in [0.717, 1.165) is 47.3 Å². The molecule has 190 valence electrons. The minimum absolute atomic E-state index is 0.338. The van der Waals surface area contributed by atoms with Gasteiger partial charge in [-0.2, -0.15) is 0 Å². The Hall–Kier alpha value is -3.20. The third kappa shape index (κ3) is 3.86. The van der Waals surface area contributed by atoms with Crippen LogP contribution in [0.15, 0.2) is 48.5 Å². The van der Waals surface area contributed by atoms with E-state index >= 15 is 0 Å². The number of thiophene rings is 1. The number of imide groups is 1. The number of hydrogen-bond donors (Lipinski definition) is 0. The first kappa shape index (κ1) is 24.2. The third-order valence-electron chi connectivity index (χ3n) is 7.36. The van der Waals surface area contributed by atoms with Crippen LogP contribution < -0.4 is 9.96 Å². The van der Waals surface area contributed by atoms with Gasteiger partial charge in [-0.1, -0.05) is 41.4 Å². The number of nitrogens with zero attached hydrogens (tertiary/aromatic N) is 2. The van der Waals surface area contributed by atoms with Gasteiger partial charge in [-0.25, -0.2) is 14.8 Å². The predicted octanol–water partition coefficient (Wildman–Crippen LogP) is 5.43. The Labute approximate surface area is 223 Å². The molecule has 0 bridgehead atoms. The van der Waals surface area contributed by atoms with Crippen molar-refractivity contribution in [3.05, 3.63) is 80.7 Å². The van der Waals surface area contributed by atoms with Crippen LogP contribution in [0.25, 0.3) is 0 Å². The molecule has 1 aliphatic carbocycles. The van der Waals surface area contributed by atoms with Gasteiger partial charge in [0.15, 0.2) is 6.10 Å². The van der Waals surface area contributed by atoms with E-state index in [0.29, 0.717) is 21.3 Å². The molecule has 3 heterocycles. The molecule has 2 aromatic carbocycles. The van der Waals surface area contributed by atoms with Crippen molar-refractivity contribution in [3.63, 3.8) is 0 Å². The predicted molar refractivity (Wildman–Crippen MR) is 141 cm³/mol. The van der Waals surface area contributed by atoms with Gasteiger partial charge < -0.3 is 4.74 Å². The van der Waals surface area contributed by atoms with Crippen LogP contribution in [0.2, 0.25) is 5.02 Å². The van der Waals surface area contributed by atoms with Crippen LogP contribution in [0.5, 0.6) is 0 Å². The van der Waals surface area contributed by atoms with Crippen molar-refractivity contribution < 1.29 is 24.0 Å². The molecule has 2 amide bonds. The molecule has 3 atom stereocenters. The number of carbonyl (C=O) groups excluding carboxylic acids is 3. The van der Waals surface area contributed by atoms with E-state index in [1.54, 1.807) is 29.3 Å². The average Bonchev–Trinajstić information content (AvgIpc) is 3.55. The van der Waals surface area contributed by atoms with Gasteiger partial charge in [-0.05, 0) is 68.0 Å². The van der Waals surface area contributed by atoms with Crippen LogP contribution in [-0.4, -0.2) is 31.0 Å². The average molecular weight is 537 g/mol. The fourth-order valence-corrected chi connectivity index (χ4v) is 7.06. The van der Waals surface area contributed by atoms with Gasteiger partial charge in [0.2, 0.25) is 5.91 Å². The second-order valence-electron chi connectivity index (χ2n) is 9.60. The number of hydroxylamine groups is 1. The van der Waals surface area contributed by atoms with E-state index in [9.17, 15) is 14.4 Å². The van der Waals surface area contributed by atoms with E-state index in [-0.39, 0.29) is 5.91 Å². The van der Waals surface area contributed by atoms with Crippen molar-refractivity contribution in [2.24, 2.45) is 5.92 Å². The van der Waals surface area contributed by atoms with Gasteiger partial charge in [-0.3, -0.25) is 14.4 Å². The molecule has 7 nitrogen and oxygen atoms in total. The smallest absolute Gasteiger partial charge is 0.341 e. The number of fused-ring (bicyclic) bond motifs is 2. The highest BCUT2D eigenvalue weighted by molar-refractivity contribution is 7.17. The van der Waals surface area contributed by atoms with Gasteiger partial charge in [0.05, 0.1) is 24.4 Å². The Bertz CT molecular complexity index is 1400. The van der Waals surface area contributed by atoms with E-state index in [4.69, 9.17) is 21.2 Å². The summed E-state index contributed by atoms with van der Waals surface area (Å²) in [6.07, 6.45) is 2.50. The summed E-state index contributed by atoms with van der Waals surface area (Å²) in [5.41, 5.74) is 3.87. The fraction of sp³-hybridized carbons (Fsp3) is 0.321. The van der Waals surface area contributed by atoms with Gasteiger partial charge >= 0.3 is 5.97 Å². The first-order valence-electron chi connectivity index (χ1n) is 12.3. The van der Waals surface area contributed by atoms with Crippen LogP contribution in [0.3, 0.4) is 0 Å². The van der Waals surface area contributed by atoms with E-state index in [1.807, 2.05) is 31.2 Å². The molecule has 3 aliphatic rings. The molecule has 37 heavy (non-hydrogen) atoms. The number of carbonyl (C=O) groups is 3. The number of anilines is 2. The van der Waals surface area contributed by atoms with Gasteiger partial charge in [0, 0.05) is 9.90 Å². The molecule has 2 saturated heterocycles. The largest absolute Gasteiger partial charge is 0.465 e. The highest BCUT2D eigenvalue weighted by atomic mass is 35.5. The van der Waals surface area contributed by atoms with Gasteiger partial charge in [-0.15, -0.1) is 11.3 Å². The molecule has 6 rings (SSSR count). The lowest BCUT2D eigenvalue weighted by Gasteiger charge is -2.28. The Morgan fingerprint density at radius 1 is 1.03 bits per heavy atom. The lowest BCUT2D eigenvalue weighted by atomic mass is 9.90. The summed E-state index contributed by atoms with van der Waals surface area (Å²) in [5.74, 6) is -2.14. The van der Waals surface area contributed by atoms with Crippen LogP contribution >= 0.6 is 22.9 Å². The molecule has 1 aromatic heterocycles. The van der Waals surface area contributed by atoms with Crippen LogP contribution in [0, 0.1) is 12.8 Å². The molecule has 0 spiro atoms. The normalized spacial score (nSPS) is 22.8. The lowest BCUT2D eigenvalue weighted by molar-refractivity contribution is -0.126. The molecule has 0 N–H and O–H groups in total. The third-order valence-corrected chi connectivity index (χ3v) is 8.89. The van der Waals surface area contributed by atoms with Crippen LogP contribution in [-0.2, 0) is 32.0 Å². The zero-order valence-corrected chi connectivity index (χ0v) is 22.0. The van der Waals surface area contributed by atoms with E-state index in [2.05, 4.69) is 0 Å². The van der Waals surface area contributed by atoms with E-state index in [1.165, 1.54) is 23.3 Å². The zero-order chi connectivity index (χ0) is 25.8. The molecular weight excluding hydrogens is 512 g/mol. The summed E-state index contributed by atoms with van der Waals surface area (Å²) in [5, 5.41) is 2.57. The highest BCUT2D eigenvalue weighted by Gasteiger charge is 2.61. The summed E-state index contributed by atoms with van der Waals surface area (Å²) in [6, 6.07) is 14.4. The quantitative estimate of drug-likeness (QED) is 0.327. The maximum atomic E-state index is 14.1. The summed E-state index contributed by atoms with van der Waals surface area (Å²) in [6.45, 7) is 1.99. The number of rotatable bonds is 4. The number of aryl methyl sites for hydroxylation is 2. The first-order chi connectivity index (χ1) is 17.9. The summed E-state index contributed by atoms with van der Waals surface area (Å²) in [7, 11) is 1.32. The molecule has 0 radical (unpaired) electrons. The molecule has 2 aliphatic heterocycles. The number of hydrogen-bond acceptors (Lipinski definition) is 7. The van der Waals surface area contributed by atoms with E-state index < -0.39 is 29.9 Å².